The van der Waals surface area contributed by atoms with Crippen LogP contribution in [0.3, 0.4) is 0 Å². The van der Waals surface area contributed by atoms with Gasteiger partial charge in [0.2, 0.25) is 0 Å². The molecule has 80 valence electrons. The summed E-state index contributed by atoms with van der Waals surface area (Å²) in [6, 6.07) is 0. The first-order valence-electron chi connectivity index (χ1n) is 4.91. The highest BCUT2D eigenvalue weighted by molar-refractivity contribution is 4.95. The topological polar surface area (TPSA) is 21.3 Å². The van der Waals surface area contributed by atoms with Crippen LogP contribution < -0.4 is 5.32 Å². The molecule has 0 saturated carbocycles. The Morgan fingerprint density at radius 3 is 1.46 bits per heavy atom. The van der Waals surface area contributed by atoms with Crippen molar-refractivity contribution in [2.45, 2.75) is 65.2 Å². The lowest BCUT2D eigenvalue weighted by Gasteiger charge is -2.45. The molecular weight excluding hydrogens is 162 g/mol. The van der Waals surface area contributed by atoms with Crippen molar-refractivity contribution in [1.29, 1.82) is 0 Å². The highest BCUT2D eigenvalue weighted by Gasteiger charge is 2.39. The molecule has 0 aliphatic carbocycles. The van der Waals surface area contributed by atoms with E-state index in [9.17, 15) is 0 Å². The SMILES string of the molecule is CNC(C)(C)C(C)(C)OC(C)(C)C. The molecule has 0 aromatic rings. The molecule has 2 nitrogen and oxygen atoms in total. The van der Waals surface area contributed by atoms with Gasteiger partial charge in [0, 0.05) is 5.54 Å². The van der Waals surface area contributed by atoms with Gasteiger partial charge in [-0.15, -0.1) is 0 Å². The lowest BCUT2D eigenvalue weighted by atomic mass is 9.85. The molecule has 0 saturated heterocycles. The number of hydrogen-bond donors (Lipinski definition) is 1. The molecule has 2 heteroatoms. The fourth-order valence-electron chi connectivity index (χ4n) is 1.19. The van der Waals surface area contributed by atoms with E-state index in [0.717, 1.165) is 0 Å². The Labute approximate surface area is 83.1 Å². The standard InChI is InChI=1S/C11H25NO/c1-9(2,3)13-11(6,7)10(4,5)12-8/h12H,1-8H3. The zero-order valence-corrected chi connectivity index (χ0v) is 10.4. The maximum Gasteiger partial charge on any atom is 0.0808 e. The van der Waals surface area contributed by atoms with E-state index in [1.54, 1.807) is 0 Å². The van der Waals surface area contributed by atoms with Crippen molar-refractivity contribution in [3.63, 3.8) is 0 Å². The molecular formula is C11H25NO. The van der Waals surface area contributed by atoms with E-state index in [1.807, 2.05) is 7.05 Å². The van der Waals surface area contributed by atoms with Gasteiger partial charge in [-0.2, -0.15) is 0 Å². The largest absolute Gasteiger partial charge is 0.368 e. The van der Waals surface area contributed by atoms with Crippen LogP contribution >= 0.6 is 0 Å². The van der Waals surface area contributed by atoms with Gasteiger partial charge >= 0.3 is 0 Å². The summed E-state index contributed by atoms with van der Waals surface area (Å²) in [6.07, 6.45) is 0. The second-order valence-corrected chi connectivity index (χ2v) is 5.60. The van der Waals surface area contributed by atoms with E-state index in [2.05, 4.69) is 53.8 Å². The van der Waals surface area contributed by atoms with Crippen LogP contribution in [-0.2, 0) is 4.74 Å². The lowest BCUT2D eigenvalue weighted by Crippen LogP contribution is -2.58. The average molecular weight is 187 g/mol. The minimum Gasteiger partial charge on any atom is -0.368 e. The van der Waals surface area contributed by atoms with Gasteiger partial charge in [-0.1, -0.05) is 0 Å². The van der Waals surface area contributed by atoms with Crippen molar-refractivity contribution < 1.29 is 4.74 Å². The van der Waals surface area contributed by atoms with Crippen molar-refractivity contribution in [3.8, 4) is 0 Å². The Kier molecular flexibility index (Phi) is 3.56. The second kappa shape index (κ2) is 3.58. The molecule has 0 rings (SSSR count). The van der Waals surface area contributed by atoms with Gasteiger partial charge in [-0.05, 0) is 55.5 Å². The van der Waals surface area contributed by atoms with Crippen molar-refractivity contribution in [2.24, 2.45) is 0 Å². The first-order valence-corrected chi connectivity index (χ1v) is 4.91. The fraction of sp³-hybridized carbons (Fsp3) is 1.00. The van der Waals surface area contributed by atoms with Crippen molar-refractivity contribution in [2.75, 3.05) is 7.05 Å². The van der Waals surface area contributed by atoms with E-state index in [-0.39, 0.29) is 16.7 Å². The fourth-order valence-corrected chi connectivity index (χ4v) is 1.19. The Bertz CT molecular complexity index is 165. The molecule has 0 spiro atoms. The van der Waals surface area contributed by atoms with Gasteiger partial charge in [-0.25, -0.2) is 0 Å². The summed E-state index contributed by atoms with van der Waals surface area (Å²) in [5.74, 6) is 0. The summed E-state index contributed by atoms with van der Waals surface area (Å²) in [6.45, 7) is 14.8. The van der Waals surface area contributed by atoms with Crippen molar-refractivity contribution in [3.05, 3.63) is 0 Å². The van der Waals surface area contributed by atoms with E-state index in [1.165, 1.54) is 0 Å². The molecule has 0 heterocycles. The quantitative estimate of drug-likeness (QED) is 0.733. The van der Waals surface area contributed by atoms with Crippen LogP contribution in [0.4, 0.5) is 0 Å². The molecule has 0 atom stereocenters. The summed E-state index contributed by atoms with van der Waals surface area (Å²) in [5, 5.41) is 3.28. The maximum absolute atomic E-state index is 6.02. The third-order valence-electron chi connectivity index (χ3n) is 2.69. The van der Waals surface area contributed by atoms with Crippen LogP contribution in [0.2, 0.25) is 0 Å². The van der Waals surface area contributed by atoms with Crippen molar-refractivity contribution >= 4 is 0 Å². The summed E-state index contributed by atoms with van der Waals surface area (Å²) in [5.41, 5.74) is -0.308. The summed E-state index contributed by atoms with van der Waals surface area (Å²) in [4.78, 5) is 0. The van der Waals surface area contributed by atoms with Crippen LogP contribution in [0.15, 0.2) is 0 Å². The van der Waals surface area contributed by atoms with Crippen molar-refractivity contribution in [1.82, 2.24) is 5.32 Å². The Balaban J connectivity index is 4.58. The van der Waals surface area contributed by atoms with Gasteiger partial charge < -0.3 is 10.1 Å². The molecule has 0 aliphatic rings. The highest BCUT2D eigenvalue weighted by Crippen LogP contribution is 2.29. The van der Waals surface area contributed by atoms with Crippen LogP contribution in [0.25, 0.3) is 0 Å². The third-order valence-corrected chi connectivity index (χ3v) is 2.69. The minimum atomic E-state index is -0.181. The smallest absolute Gasteiger partial charge is 0.0808 e. The Morgan fingerprint density at radius 2 is 1.23 bits per heavy atom. The predicted molar refractivity (Wildman–Crippen MR) is 58.1 cm³/mol. The van der Waals surface area contributed by atoms with Gasteiger partial charge in [0.1, 0.15) is 0 Å². The summed E-state index contributed by atoms with van der Waals surface area (Å²) in [7, 11) is 1.97. The molecule has 1 N–H and O–H groups in total. The van der Waals surface area contributed by atoms with Gasteiger partial charge in [0.25, 0.3) is 0 Å². The molecule has 0 unspecified atom stereocenters. The van der Waals surface area contributed by atoms with Gasteiger partial charge in [0.05, 0.1) is 11.2 Å². The Hall–Kier alpha value is -0.0800. The first-order chi connectivity index (χ1) is 5.52. The molecule has 0 amide bonds. The number of likely N-dealkylation sites (N-methyl/N-ethyl adjacent to an activating group) is 1. The van der Waals surface area contributed by atoms with E-state index < -0.39 is 0 Å². The lowest BCUT2D eigenvalue weighted by molar-refractivity contribution is -0.148. The zero-order valence-electron chi connectivity index (χ0n) is 10.4. The van der Waals surface area contributed by atoms with E-state index in [0.29, 0.717) is 0 Å². The summed E-state index contributed by atoms with van der Waals surface area (Å²) < 4.78 is 6.02. The van der Waals surface area contributed by atoms with E-state index in [4.69, 9.17) is 4.74 Å². The Morgan fingerprint density at radius 1 is 0.846 bits per heavy atom. The number of hydrogen-bond acceptors (Lipinski definition) is 2. The minimum absolute atomic E-state index is 0.0275. The molecule has 0 aromatic heterocycles. The predicted octanol–water partition coefficient (Wildman–Crippen LogP) is 2.58. The third kappa shape index (κ3) is 3.65. The number of nitrogens with one attached hydrogen (secondary N) is 1. The monoisotopic (exact) mass is 187 g/mol. The molecule has 13 heavy (non-hydrogen) atoms. The number of ether oxygens (including phenoxy) is 1. The maximum atomic E-state index is 6.02. The van der Waals surface area contributed by atoms with Gasteiger partial charge in [0.15, 0.2) is 0 Å². The van der Waals surface area contributed by atoms with Crippen LogP contribution in [0.1, 0.15) is 48.5 Å². The first kappa shape index (κ1) is 12.9. The zero-order chi connectivity index (χ0) is 10.9. The molecule has 0 aliphatic heterocycles. The molecule has 0 fully saturated rings. The second-order valence-electron chi connectivity index (χ2n) is 5.60. The number of rotatable bonds is 3. The van der Waals surface area contributed by atoms with Crippen LogP contribution in [0.5, 0.6) is 0 Å². The normalized spacial score (nSPS) is 14.8. The van der Waals surface area contributed by atoms with Crippen LogP contribution in [0, 0.1) is 0 Å². The van der Waals surface area contributed by atoms with Crippen LogP contribution in [-0.4, -0.2) is 23.8 Å². The molecule has 0 bridgehead atoms. The highest BCUT2D eigenvalue weighted by atomic mass is 16.5. The van der Waals surface area contributed by atoms with Gasteiger partial charge in [-0.3, -0.25) is 0 Å². The summed E-state index contributed by atoms with van der Waals surface area (Å²) >= 11 is 0. The average Bonchev–Trinajstić information content (AvgIpc) is 1.81. The molecule has 0 radical (unpaired) electrons. The molecule has 0 aromatic carbocycles. The van der Waals surface area contributed by atoms with E-state index >= 15 is 0 Å².